The van der Waals surface area contributed by atoms with Crippen molar-refractivity contribution in [3.05, 3.63) is 53.9 Å². The third-order valence-corrected chi connectivity index (χ3v) is 2.82. The standard InChI is InChI=1S/C14H12N2O3/c17-14(16-8-10-3-2-6-15-7-10)11-4-1-5-12-13(11)19-9-18-12/h1-7H,8-9H2,(H,16,17). The van der Waals surface area contributed by atoms with Gasteiger partial charge in [-0.05, 0) is 23.8 Å². The zero-order valence-corrected chi connectivity index (χ0v) is 10.1. The number of hydrogen-bond acceptors (Lipinski definition) is 4. The minimum Gasteiger partial charge on any atom is -0.454 e. The molecule has 5 heteroatoms. The second kappa shape index (κ2) is 4.97. The van der Waals surface area contributed by atoms with Gasteiger partial charge in [0, 0.05) is 18.9 Å². The van der Waals surface area contributed by atoms with Gasteiger partial charge in [0.1, 0.15) is 0 Å². The lowest BCUT2D eigenvalue weighted by molar-refractivity contribution is 0.0946. The number of ether oxygens (including phenoxy) is 2. The largest absolute Gasteiger partial charge is 0.454 e. The van der Waals surface area contributed by atoms with Crippen LogP contribution in [0.2, 0.25) is 0 Å². The minimum atomic E-state index is -0.189. The van der Waals surface area contributed by atoms with E-state index in [0.29, 0.717) is 23.6 Å². The summed E-state index contributed by atoms with van der Waals surface area (Å²) in [6.45, 7) is 0.583. The molecule has 3 rings (SSSR count). The summed E-state index contributed by atoms with van der Waals surface area (Å²) in [5.41, 5.74) is 1.43. The van der Waals surface area contributed by atoms with Crippen LogP contribution < -0.4 is 14.8 Å². The first-order valence-corrected chi connectivity index (χ1v) is 5.90. The highest BCUT2D eigenvalue weighted by atomic mass is 16.7. The molecule has 1 aliphatic heterocycles. The van der Waals surface area contributed by atoms with Crippen LogP contribution in [0.5, 0.6) is 11.5 Å². The molecule has 1 N–H and O–H groups in total. The molecule has 0 saturated heterocycles. The predicted molar refractivity (Wildman–Crippen MR) is 68.0 cm³/mol. The summed E-state index contributed by atoms with van der Waals surface area (Å²) in [6, 6.07) is 9.00. The van der Waals surface area contributed by atoms with E-state index in [2.05, 4.69) is 10.3 Å². The van der Waals surface area contributed by atoms with Crippen LogP contribution >= 0.6 is 0 Å². The van der Waals surface area contributed by atoms with Crippen molar-refractivity contribution in [1.82, 2.24) is 10.3 Å². The summed E-state index contributed by atoms with van der Waals surface area (Å²) in [7, 11) is 0. The Labute approximate surface area is 110 Å². The fourth-order valence-corrected chi connectivity index (χ4v) is 1.89. The number of amides is 1. The first-order chi connectivity index (χ1) is 9.34. The summed E-state index contributed by atoms with van der Waals surface area (Å²) >= 11 is 0. The fourth-order valence-electron chi connectivity index (χ4n) is 1.89. The van der Waals surface area contributed by atoms with E-state index in [4.69, 9.17) is 9.47 Å². The normalized spacial score (nSPS) is 12.2. The van der Waals surface area contributed by atoms with Gasteiger partial charge in [-0.25, -0.2) is 0 Å². The number of carbonyl (C=O) groups is 1. The second-order valence-electron chi connectivity index (χ2n) is 4.08. The van der Waals surface area contributed by atoms with E-state index in [-0.39, 0.29) is 12.7 Å². The van der Waals surface area contributed by atoms with Crippen LogP contribution in [-0.4, -0.2) is 17.7 Å². The molecule has 0 saturated carbocycles. The van der Waals surface area contributed by atoms with Crippen molar-refractivity contribution in [2.24, 2.45) is 0 Å². The molecule has 1 amide bonds. The van der Waals surface area contributed by atoms with Gasteiger partial charge in [0.2, 0.25) is 6.79 Å². The van der Waals surface area contributed by atoms with E-state index in [0.717, 1.165) is 5.56 Å². The van der Waals surface area contributed by atoms with Gasteiger partial charge in [-0.3, -0.25) is 9.78 Å². The molecule has 2 heterocycles. The Balaban J connectivity index is 1.73. The molecular formula is C14H12N2O3. The van der Waals surface area contributed by atoms with Crippen LogP contribution in [0.25, 0.3) is 0 Å². The van der Waals surface area contributed by atoms with Crippen molar-refractivity contribution in [2.45, 2.75) is 6.54 Å². The van der Waals surface area contributed by atoms with Crippen LogP contribution in [0.15, 0.2) is 42.7 Å². The van der Waals surface area contributed by atoms with E-state index >= 15 is 0 Å². The number of fused-ring (bicyclic) bond motifs is 1. The summed E-state index contributed by atoms with van der Waals surface area (Å²) in [4.78, 5) is 16.1. The van der Waals surface area contributed by atoms with Crippen molar-refractivity contribution < 1.29 is 14.3 Å². The SMILES string of the molecule is O=C(NCc1cccnc1)c1cccc2c1OCO2. The van der Waals surface area contributed by atoms with Crippen molar-refractivity contribution in [3.63, 3.8) is 0 Å². The van der Waals surface area contributed by atoms with Gasteiger partial charge >= 0.3 is 0 Å². The molecular weight excluding hydrogens is 244 g/mol. The summed E-state index contributed by atoms with van der Waals surface area (Å²) in [6.07, 6.45) is 3.41. The second-order valence-corrected chi connectivity index (χ2v) is 4.08. The molecule has 0 spiro atoms. The van der Waals surface area contributed by atoms with E-state index in [9.17, 15) is 4.79 Å². The first kappa shape index (κ1) is 11.5. The number of aromatic nitrogens is 1. The zero-order valence-electron chi connectivity index (χ0n) is 10.1. The number of nitrogens with one attached hydrogen (secondary N) is 1. The average Bonchev–Trinajstić information content (AvgIpc) is 2.94. The summed E-state index contributed by atoms with van der Waals surface area (Å²) in [5.74, 6) is 0.923. The molecule has 0 radical (unpaired) electrons. The molecule has 2 aromatic rings. The number of para-hydroxylation sites is 1. The smallest absolute Gasteiger partial charge is 0.255 e. The molecule has 0 atom stereocenters. The van der Waals surface area contributed by atoms with Gasteiger partial charge in [-0.1, -0.05) is 12.1 Å². The van der Waals surface area contributed by atoms with Gasteiger partial charge in [0.15, 0.2) is 11.5 Å². The number of benzene rings is 1. The highest BCUT2D eigenvalue weighted by Crippen LogP contribution is 2.35. The van der Waals surface area contributed by atoms with Crippen LogP contribution in [0.1, 0.15) is 15.9 Å². The fraction of sp³-hybridized carbons (Fsp3) is 0.143. The topological polar surface area (TPSA) is 60.5 Å². The highest BCUT2D eigenvalue weighted by molar-refractivity contribution is 5.97. The number of nitrogens with zero attached hydrogens (tertiary/aromatic N) is 1. The van der Waals surface area contributed by atoms with E-state index in [1.807, 2.05) is 12.1 Å². The van der Waals surface area contributed by atoms with Crippen molar-refractivity contribution in [1.29, 1.82) is 0 Å². The van der Waals surface area contributed by atoms with Crippen molar-refractivity contribution in [3.8, 4) is 11.5 Å². The Kier molecular flexibility index (Phi) is 3.02. The Morgan fingerprint density at radius 2 is 2.21 bits per heavy atom. The van der Waals surface area contributed by atoms with Crippen LogP contribution in [0.3, 0.4) is 0 Å². The molecule has 1 aromatic heterocycles. The van der Waals surface area contributed by atoms with E-state index in [1.54, 1.807) is 30.6 Å². The maximum atomic E-state index is 12.1. The van der Waals surface area contributed by atoms with Gasteiger partial charge in [0.05, 0.1) is 5.56 Å². The maximum absolute atomic E-state index is 12.1. The number of carbonyl (C=O) groups excluding carboxylic acids is 1. The predicted octanol–water partition coefficient (Wildman–Crippen LogP) is 1.74. The van der Waals surface area contributed by atoms with E-state index in [1.165, 1.54) is 0 Å². The van der Waals surface area contributed by atoms with Crippen molar-refractivity contribution >= 4 is 5.91 Å². The molecule has 1 aliphatic rings. The molecule has 5 nitrogen and oxygen atoms in total. The molecule has 0 aliphatic carbocycles. The monoisotopic (exact) mass is 256 g/mol. The highest BCUT2D eigenvalue weighted by Gasteiger charge is 2.21. The number of hydrogen-bond donors (Lipinski definition) is 1. The van der Waals surface area contributed by atoms with Crippen LogP contribution in [-0.2, 0) is 6.54 Å². The summed E-state index contributed by atoms with van der Waals surface area (Å²) in [5, 5.41) is 2.83. The molecule has 0 fully saturated rings. The zero-order chi connectivity index (χ0) is 13.1. The Morgan fingerprint density at radius 1 is 1.26 bits per heavy atom. The molecule has 1 aromatic carbocycles. The van der Waals surface area contributed by atoms with Crippen molar-refractivity contribution in [2.75, 3.05) is 6.79 Å². The number of rotatable bonds is 3. The Bertz CT molecular complexity index is 599. The molecule has 19 heavy (non-hydrogen) atoms. The molecule has 96 valence electrons. The first-order valence-electron chi connectivity index (χ1n) is 5.90. The Hall–Kier alpha value is -2.56. The minimum absolute atomic E-state index is 0.155. The number of pyridine rings is 1. The summed E-state index contributed by atoms with van der Waals surface area (Å²) < 4.78 is 10.5. The van der Waals surface area contributed by atoms with Gasteiger partial charge in [0.25, 0.3) is 5.91 Å². The van der Waals surface area contributed by atoms with Gasteiger partial charge in [-0.15, -0.1) is 0 Å². The maximum Gasteiger partial charge on any atom is 0.255 e. The lowest BCUT2D eigenvalue weighted by Gasteiger charge is -2.07. The third kappa shape index (κ3) is 2.35. The van der Waals surface area contributed by atoms with Gasteiger partial charge < -0.3 is 14.8 Å². The quantitative estimate of drug-likeness (QED) is 0.908. The lowest BCUT2D eigenvalue weighted by atomic mass is 10.1. The molecule has 0 bridgehead atoms. The Morgan fingerprint density at radius 3 is 3.05 bits per heavy atom. The lowest BCUT2D eigenvalue weighted by Crippen LogP contribution is -2.23. The third-order valence-electron chi connectivity index (χ3n) is 2.82. The van der Waals surface area contributed by atoms with E-state index < -0.39 is 0 Å². The van der Waals surface area contributed by atoms with Crippen LogP contribution in [0.4, 0.5) is 0 Å². The van der Waals surface area contributed by atoms with Crippen LogP contribution in [0, 0.1) is 0 Å². The van der Waals surface area contributed by atoms with Gasteiger partial charge in [-0.2, -0.15) is 0 Å². The average molecular weight is 256 g/mol. The molecule has 0 unspecified atom stereocenters.